The molecule has 0 aromatic carbocycles. The summed E-state index contributed by atoms with van der Waals surface area (Å²) in [6, 6.07) is 0.703. The molecule has 2 heteroatoms. The Morgan fingerprint density at radius 2 is 2.42 bits per heavy atom. The van der Waals surface area contributed by atoms with Crippen molar-refractivity contribution in [2.45, 2.75) is 25.8 Å². The third kappa shape index (κ3) is 2.61. The van der Waals surface area contributed by atoms with Gasteiger partial charge in [-0.1, -0.05) is 19.1 Å². The van der Waals surface area contributed by atoms with Gasteiger partial charge in [-0.3, -0.25) is 4.90 Å². The molecular formula is C10H20N2. The average molecular weight is 168 g/mol. The zero-order chi connectivity index (χ0) is 8.97. The molecule has 0 saturated carbocycles. The summed E-state index contributed by atoms with van der Waals surface area (Å²) in [5.41, 5.74) is 1.35. The van der Waals surface area contributed by atoms with Crippen LogP contribution in [-0.4, -0.2) is 37.6 Å². The van der Waals surface area contributed by atoms with Crippen LogP contribution >= 0.6 is 0 Å². The van der Waals surface area contributed by atoms with Crippen LogP contribution < -0.4 is 5.32 Å². The molecule has 12 heavy (non-hydrogen) atoms. The van der Waals surface area contributed by atoms with Crippen LogP contribution in [0.1, 0.15) is 19.8 Å². The summed E-state index contributed by atoms with van der Waals surface area (Å²) in [6.07, 6.45) is 2.40. The molecule has 0 aromatic heterocycles. The summed E-state index contributed by atoms with van der Waals surface area (Å²) in [6.45, 7) is 9.71. The van der Waals surface area contributed by atoms with E-state index < -0.39 is 0 Å². The molecule has 0 bridgehead atoms. The van der Waals surface area contributed by atoms with Gasteiger partial charge in [0.1, 0.15) is 0 Å². The maximum absolute atomic E-state index is 4.03. The van der Waals surface area contributed by atoms with Crippen molar-refractivity contribution >= 4 is 0 Å². The van der Waals surface area contributed by atoms with E-state index in [0.29, 0.717) is 6.04 Å². The van der Waals surface area contributed by atoms with Gasteiger partial charge in [-0.2, -0.15) is 0 Å². The van der Waals surface area contributed by atoms with Crippen molar-refractivity contribution in [1.82, 2.24) is 10.2 Å². The van der Waals surface area contributed by atoms with E-state index in [2.05, 4.69) is 23.7 Å². The predicted molar refractivity (Wildman–Crippen MR) is 53.3 cm³/mol. The van der Waals surface area contributed by atoms with Crippen LogP contribution in [-0.2, 0) is 0 Å². The lowest BCUT2D eigenvalue weighted by Gasteiger charge is -2.16. The number of likely N-dealkylation sites (N-methyl/N-ethyl adjacent to an activating group) is 1. The van der Waals surface area contributed by atoms with E-state index in [9.17, 15) is 0 Å². The van der Waals surface area contributed by atoms with Crippen LogP contribution in [0.2, 0.25) is 0 Å². The number of likely N-dealkylation sites (tertiary alicyclic amines) is 1. The molecule has 0 aliphatic carbocycles. The quantitative estimate of drug-likeness (QED) is 0.635. The molecule has 1 heterocycles. The fraction of sp³-hybridized carbons (Fsp3) is 0.800. The zero-order valence-corrected chi connectivity index (χ0v) is 8.27. The molecule has 2 nitrogen and oxygen atoms in total. The van der Waals surface area contributed by atoms with Crippen molar-refractivity contribution in [3.05, 3.63) is 12.2 Å². The normalized spacial score (nSPS) is 24.7. The van der Waals surface area contributed by atoms with Crippen molar-refractivity contribution in [3.63, 3.8) is 0 Å². The topological polar surface area (TPSA) is 15.3 Å². The molecule has 0 amide bonds. The highest BCUT2D eigenvalue weighted by molar-refractivity contribution is 4.98. The fourth-order valence-electron chi connectivity index (χ4n) is 1.64. The van der Waals surface area contributed by atoms with Gasteiger partial charge in [0.2, 0.25) is 0 Å². The van der Waals surface area contributed by atoms with Crippen molar-refractivity contribution < 1.29 is 0 Å². The van der Waals surface area contributed by atoms with E-state index in [4.69, 9.17) is 0 Å². The molecule has 1 rings (SSSR count). The number of rotatable bonds is 4. The second-order valence-electron chi connectivity index (χ2n) is 3.61. The second-order valence-corrected chi connectivity index (χ2v) is 3.61. The first-order valence-electron chi connectivity index (χ1n) is 4.82. The van der Waals surface area contributed by atoms with Gasteiger partial charge >= 0.3 is 0 Å². The van der Waals surface area contributed by atoms with E-state index in [1.165, 1.54) is 25.1 Å². The van der Waals surface area contributed by atoms with Crippen molar-refractivity contribution in [2.75, 3.05) is 26.7 Å². The number of nitrogens with one attached hydrogen (secondary N) is 1. The lowest BCUT2D eigenvalue weighted by atomic mass is 10.2. The standard InChI is InChI=1S/C10H20N2/c1-4-9(2)7-12-6-5-10(8-12)11-3/h10-11H,2,4-8H2,1,3H3. The lowest BCUT2D eigenvalue weighted by Crippen LogP contribution is -2.30. The van der Waals surface area contributed by atoms with Gasteiger partial charge in [-0.15, -0.1) is 0 Å². The van der Waals surface area contributed by atoms with Crippen LogP contribution in [0.5, 0.6) is 0 Å². The molecule has 1 saturated heterocycles. The first-order valence-corrected chi connectivity index (χ1v) is 4.82. The van der Waals surface area contributed by atoms with Gasteiger partial charge in [0, 0.05) is 25.7 Å². The third-order valence-electron chi connectivity index (χ3n) is 2.63. The molecule has 1 fully saturated rings. The summed E-state index contributed by atoms with van der Waals surface area (Å²) in [5.74, 6) is 0. The molecule has 1 atom stereocenters. The first-order chi connectivity index (χ1) is 5.76. The molecule has 1 aliphatic rings. The Labute approximate surface area is 75.6 Å². The second kappa shape index (κ2) is 4.63. The average Bonchev–Trinajstić information content (AvgIpc) is 2.52. The summed E-state index contributed by atoms with van der Waals surface area (Å²) < 4.78 is 0. The number of nitrogens with zero attached hydrogens (tertiary/aromatic N) is 1. The van der Waals surface area contributed by atoms with Gasteiger partial charge in [-0.25, -0.2) is 0 Å². The molecule has 0 aromatic rings. The van der Waals surface area contributed by atoms with Crippen LogP contribution in [0.4, 0.5) is 0 Å². The minimum absolute atomic E-state index is 0.703. The SMILES string of the molecule is C=C(CC)CN1CCC(NC)C1. The minimum atomic E-state index is 0.703. The van der Waals surface area contributed by atoms with Gasteiger partial charge in [0.15, 0.2) is 0 Å². The Bertz CT molecular complexity index is 154. The third-order valence-corrected chi connectivity index (χ3v) is 2.63. The predicted octanol–water partition coefficient (Wildman–Crippen LogP) is 1.25. The Hall–Kier alpha value is -0.340. The summed E-state index contributed by atoms with van der Waals surface area (Å²) in [4.78, 5) is 2.48. The van der Waals surface area contributed by atoms with Crippen LogP contribution in [0.15, 0.2) is 12.2 Å². The van der Waals surface area contributed by atoms with E-state index in [1.807, 2.05) is 7.05 Å². The summed E-state index contributed by atoms with van der Waals surface area (Å²) >= 11 is 0. The number of hydrogen-bond acceptors (Lipinski definition) is 2. The molecule has 1 unspecified atom stereocenters. The van der Waals surface area contributed by atoms with Crippen molar-refractivity contribution in [2.24, 2.45) is 0 Å². The van der Waals surface area contributed by atoms with Gasteiger partial charge in [0.25, 0.3) is 0 Å². The monoisotopic (exact) mass is 168 g/mol. The highest BCUT2D eigenvalue weighted by Gasteiger charge is 2.20. The van der Waals surface area contributed by atoms with E-state index >= 15 is 0 Å². The van der Waals surface area contributed by atoms with Crippen LogP contribution in [0.25, 0.3) is 0 Å². The zero-order valence-electron chi connectivity index (χ0n) is 8.27. The summed E-state index contributed by atoms with van der Waals surface area (Å²) in [5, 5.41) is 3.31. The largest absolute Gasteiger partial charge is 0.316 e. The van der Waals surface area contributed by atoms with Gasteiger partial charge in [-0.05, 0) is 19.9 Å². The number of hydrogen-bond donors (Lipinski definition) is 1. The smallest absolute Gasteiger partial charge is 0.0204 e. The molecule has 70 valence electrons. The highest BCUT2D eigenvalue weighted by Crippen LogP contribution is 2.11. The van der Waals surface area contributed by atoms with Crippen LogP contribution in [0.3, 0.4) is 0 Å². The van der Waals surface area contributed by atoms with Gasteiger partial charge < -0.3 is 5.32 Å². The van der Waals surface area contributed by atoms with E-state index in [-0.39, 0.29) is 0 Å². The first kappa shape index (κ1) is 9.75. The Morgan fingerprint density at radius 3 is 2.92 bits per heavy atom. The maximum Gasteiger partial charge on any atom is 0.0204 e. The Morgan fingerprint density at radius 1 is 1.67 bits per heavy atom. The Kier molecular flexibility index (Phi) is 3.76. The summed E-state index contributed by atoms with van der Waals surface area (Å²) in [7, 11) is 2.04. The van der Waals surface area contributed by atoms with Crippen molar-refractivity contribution in [3.8, 4) is 0 Å². The van der Waals surface area contributed by atoms with E-state index in [0.717, 1.165) is 13.0 Å². The molecule has 1 aliphatic heterocycles. The van der Waals surface area contributed by atoms with Crippen LogP contribution in [0, 0.1) is 0 Å². The molecule has 0 radical (unpaired) electrons. The molecular weight excluding hydrogens is 148 g/mol. The highest BCUT2D eigenvalue weighted by atomic mass is 15.2. The fourth-order valence-corrected chi connectivity index (χ4v) is 1.64. The molecule has 1 N–H and O–H groups in total. The molecule has 0 spiro atoms. The maximum atomic E-state index is 4.03. The minimum Gasteiger partial charge on any atom is -0.316 e. The van der Waals surface area contributed by atoms with E-state index in [1.54, 1.807) is 0 Å². The van der Waals surface area contributed by atoms with Gasteiger partial charge in [0.05, 0.1) is 0 Å². The lowest BCUT2D eigenvalue weighted by molar-refractivity contribution is 0.355. The van der Waals surface area contributed by atoms with Crippen molar-refractivity contribution in [1.29, 1.82) is 0 Å². The Balaban J connectivity index is 2.23.